The van der Waals surface area contributed by atoms with Gasteiger partial charge in [0.2, 0.25) is 34.5 Å². The van der Waals surface area contributed by atoms with E-state index in [1.807, 2.05) is 40.1 Å². The maximum atomic E-state index is 15.2. The first kappa shape index (κ1) is 102. The number of esters is 1. The number of urea groups is 1. The second-order valence-electron chi connectivity index (χ2n) is 32.8. The van der Waals surface area contributed by atoms with Crippen molar-refractivity contribution in [2.75, 3.05) is 170 Å². The summed E-state index contributed by atoms with van der Waals surface area (Å²) in [5.41, 5.74) is 3.62. The summed E-state index contributed by atoms with van der Waals surface area (Å²) in [6.07, 6.45) is 5.71. The molecule has 1 saturated heterocycles. The predicted octanol–water partition coefficient (Wildman–Crippen LogP) is 3.95. The zero-order chi connectivity index (χ0) is 93.7. The number of allylic oxidation sites excluding steroid dienone is 2. The number of hydrogen-bond acceptors (Lipinski definition) is 30. The molecule has 4 aromatic carbocycles. The Labute approximate surface area is 746 Å². The lowest BCUT2D eigenvalue weighted by Crippen LogP contribution is -2.54. The van der Waals surface area contributed by atoms with E-state index in [2.05, 4.69) is 31.9 Å². The first-order chi connectivity index (χ1) is 61.6. The van der Waals surface area contributed by atoms with Crippen molar-refractivity contribution in [3.05, 3.63) is 121 Å². The average molecular weight is 1810 g/mol. The van der Waals surface area contributed by atoms with Gasteiger partial charge in [-0.25, -0.2) is 9.78 Å². The Kier molecular flexibility index (Phi) is 38.7. The fourth-order valence-electron chi connectivity index (χ4n) is 14.9. The molecule has 0 saturated carbocycles. The Morgan fingerprint density at radius 2 is 1.32 bits per heavy atom. The number of anilines is 2. The molecule has 1 aromatic heterocycles. The fourth-order valence-corrected chi connectivity index (χ4v) is 14.9. The highest BCUT2D eigenvalue weighted by atomic mass is 16.7. The topological polar surface area (TPSA) is 505 Å². The molecular formula is C90H123N10O29+. The van der Waals surface area contributed by atoms with Gasteiger partial charge in [0.15, 0.2) is 22.4 Å². The Hall–Kier alpha value is -11.1. The molecule has 11 N–H and O–H groups in total. The number of phenols is 1. The predicted molar refractivity (Wildman–Crippen MR) is 470 cm³/mol. The van der Waals surface area contributed by atoms with Gasteiger partial charge in [0.25, 0.3) is 17.7 Å². The lowest BCUT2D eigenvalue weighted by molar-refractivity contribution is -0.903. The van der Waals surface area contributed by atoms with Crippen LogP contribution in [0.4, 0.5) is 16.2 Å². The van der Waals surface area contributed by atoms with Crippen molar-refractivity contribution < 1.29 is 134 Å². The van der Waals surface area contributed by atoms with E-state index in [-0.39, 0.29) is 146 Å². The summed E-state index contributed by atoms with van der Waals surface area (Å²) in [5.74, 6) is -9.34. The van der Waals surface area contributed by atoms with Gasteiger partial charge < -0.3 is 128 Å². The number of quaternary nitrogens is 1. The second-order valence-corrected chi connectivity index (χ2v) is 32.8. The molecule has 0 radical (unpaired) electrons. The number of nitrogens with zero attached hydrogens (tertiary/aromatic N) is 3. The highest BCUT2D eigenvalue weighted by Gasteiger charge is 2.50. The number of nitrogens with one attached hydrogen (secondary N) is 6. The van der Waals surface area contributed by atoms with Crippen molar-refractivity contribution in [2.45, 2.75) is 143 Å². The number of phenolic OH excluding ortho intramolecular Hbond substituents is 1. The Bertz CT molecular complexity index is 5040. The van der Waals surface area contributed by atoms with Gasteiger partial charge in [-0.3, -0.25) is 52.8 Å². The van der Waals surface area contributed by atoms with Gasteiger partial charge in [-0.05, 0) is 50.8 Å². The van der Waals surface area contributed by atoms with Crippen LogP contribution in [0.1, 0.15) is 92.2 Å². The van der Waals surface area contributed by atoms with Gasteiger partial charge in [-0.1, -0.05) is 65.0 Å². The van der Waals surface area contributed by atoms with E-state index in [0.717, 1.165) is 10.5 Å². The zero-order valence-corrected chi connectivity index (χ0v) is 75.1. The van der Waals surface area contributed by atoms with Crippen molar-refractivity contribution in [3.63, 3.8) is 0 Å². The van der Waals surface area contributed by atoms with E-state index in [0.29, 0.717) is 103 Å². The summed E-state index contributed by atoms with van der Waals surface area (Å²) in [5, 5.41) is 51.7. The first-order valence-corrected chi connectivity index (χ1v) is 43.1. The van der Waals surface area contributed by atoms with Crippen molar-refractivity contribution in [1.82, 2.24) is 31.2 Å². The molecule has 39 heteroatoms. The van der Waals surface area contributed by atoms with Crippen LogP contribution in [0.3, 0.4) is 0 Å². The van der Waals surface area contributed by atoms with Gasteiger partial charge >= 0.3 is 17.8 Å². The standard InChI is InChI=1S/C90H122N10O29/c1-52(2)73(96-67(104)26-31-116-35-37-118-39-41-120-43-45-122-47-48-123-46-44-121-42-40-119-38-36-117-33-28-92-66(103)24-29-99-68(105)22-23-69(99)106)88(113)95-62(17-14-27-93-89(91)114)87(112)94-60-20-18-59(19-21-60)51-100(10,11)30-34-124-61-49-63(102)74-65(50-61)127-83-75(97-74)70-71-77(107)56(6)81-72(70)85(110)90(9,129-81)125-32-25-64(115-12)55(5)82(126-58(8)101)84-78(108)57(7)80(128-84)53(3)15-13-16-54(4)86(111)98-76(83)79(71)109/h13,15-16,18-23,25,32,49-50,52-53,55,57,62,64,73,78,80,82,84,108H,14,17,24,26-31,33-48,51H2,1-12H3,(H9-,91,92,93,94,95,96,97,98,102,103,104,105,106,107,109,110,111,112,113,114)/p+1/b15-13+,32-25+,54-16-/t53-,55+,57-,62-,64-,73-,78+,80-,82+,84+,90-/m0/s1. The number of imide groups is 1. The number of aliphatic hydroxyl groups excluding tert-OH is 2. The number of rotatable bonds is 48. The quantitative estimate of drug-likeness (QED) is 0.00658. The van der Waals surface area contributed by atoms with Crippen LogP contribution in [0.2, 0.25) is 0 Å². The van der Waals surface area contributed by atoms with E-state index >= 15 is 4.79 Å². The maximum Gasteiger partial charge on any atom is 0.312 e. The molecule has 1 fully saturated rings. The molecule has 5 aromatic rings. The molecule has 0 aliphatic carbocycles. The Balaban J connectivity index is 0.720. The molecule has 5 aliphatic heterocycles. The van der Waals surface area contributed by atoms with Crippen LogP contribution in [0, 0.1) is 30.6 Å². The molecule has 0 unspecified atom stereocenters. The number of carbonyl (C=O) groups is 9. The van der Waals surface area contributed by atoms with Crippen molar-refractivity contribution in [2.24, 2.45) is 29.4 Å². The van der Waals surface area contributed by atoms with Crippen LogP contribution >= 0.6 is 0 Å². The maximum absolute atomic E-state index is 15.2. The number of methoxy groups -OCH3 is 1. The van der Waals surface area contributed by atoms with E-state index in [1.165, 1.54) is 77.5 Å². The largest absolute Gasteiger partial charge is 0.507 e. The van der Waals surface area contributed by atoms with Gasteiger partial charge in [0.05, 0.1) is 155 Å². The number of fused-ring (bicyclic) bond motifs is 9. The molecule has 10 rings (SSSR count). The third-order valence-electron chi connectivity index (χ3n) is 22.1. The summed E-state index contributed by atoms with van der Waals surface area (Å²) >= 11 is 0. The van der Waals surface area contributed by atoms with Crippen molar-refractivity contribution >= 4 is 103 Å². The average Bonchev–Trinajstić information content (AvgIpc) is 1.59. The summed E-state index contributed by atoms with van der Waals surface area (Å²) in [6.45, 7) is 20.9. The van der Waals surface area contributed by atoms with E-state index in [1.54, 1.807) is 45.1 Å². The molecule has 11 atom stereocenters. The Morgan fingerprint density at radius 3 is 1.91 bits per heavy atom. The van der Waals surface area contributed by atoms with Crippen molar-refractivity contribution in [3.8, 4) is 17.2 Å². The minimum absolute atomic E-state index is 0.00276. The summed E-state index contributed by atoms with van der Waals surface area (Å²) in [7, 11) is 5.35. The number of likely N-dealkylation sites (N-methyl/N-ethyl adjacent to an activating group) is 1. The third kappa shape index (κ3) is 28.7. The number of amides is 9. The Morgan fingerprint density at radius 1 is 0.713 bits per heavy atom. The van der Waals surface area contributed by atoms with Crippen molar-refractivity contribution in [1.29, 1.82) is 0 Å². The van der Waals surface area contributed by atoms with E-state index in [4.69, 9.17) is 81.5 Å². The number of benzene rings is 4. The lowest BCUT2D eigenvalue weighted by Gasteiger charge is -2.33. The monoisotopic (exact) mass is 1810 g/mol. The van der Waals surface area contributed by atoms with Crippen LogP contribution in [0.25, 0.3) is 38.7 Å². The molecule has 0 spiro atoms. The number of aliphatic hydroxyl groups is 2. The van der Waals surface area contributed by atoms with Crippen LogP contribution in [0.15, 0.2) is 98.7 Å². The summed E-state index contributed by atoms with van der Waals surface area (Å²) < 4.78 is 88.1. The molecule has 706 valence electrons. The molecule has 5 aliphatic rings. The molecule has 39 nitrogen and oxygen atoms in total. The van der Waals surface area contributed by atoms with Crippen LogP contribution in [-0.2, 0) is 102 Å². The van der Waals surface area contributed by atoms with Crippen LogP contribution in [-0.4, -0.2) is 291 Å². The van der Waals surface area contributed by atoms with Gasteiger partial charge in [0, 0.05) is 123 Å². The number of hydrogen-bond donors (Lipinski definition) is 10. The highest BCUT2D eigenvalue weighted by Crippen LogP contribution is 2.43. The van der Waals surface area contributed by atoms with Crippen LogP contribution in [0.5, 0.6) is 17.2 Å². The first-order valence-electron chi connectivity index (χ1n) is 43.1. The minimum atomic E-state index is -2.07. The number of primary amides is 1. The van der Waals surface area contributed by atoms with E-state index < -0.39 is 147 Å². The summed E-state index contributed by atoms with van der Waals surface area (Å²) in [6, 6.07) is 6.81. The van der Waals surface area contributed by atoms with Crippen LogP contribution < -0.4 is 63.2 Å². The fraction of sp³-hybridized carbons (Fsp3) is 0.556. The lowest BCUT2D eigenvalue weighted by atomic mass is 9.86. The number of nitrogens with two attached hydrogens (primary N) is 1. The molecule has 9 amide bonds. The number of aromatic nitrogens is 1. The smallest absolute Gasteiger partial charge is 0.312 e. The van der Waals surface area contributed by atoms with E-state index in [9.17, 15) is 63.3 Å². The number of ether oxygens (including phenoxy) is 14. The second kappa shape index (κ2) is 49.1. The van der Waals surface area contributed by atoms with Gasteiger partial charge in [-0.2, -0.15) is 0 Å². The molecule has 6 heterocycles. The minimum Gasteiger partial charge on any atom is -0.507 e. The molecule has 129 heavy (non-hydrogen) atoms. The normalized spacial score (nSPS) is 21.4. The van der Waals surface area contributed by atoms with Gasteiger partial charge in [0.1, 0.15) is 72.4 Å². The SMILES string of the molecule is CO[C@H]1/C=C/O[C@@]2(C)Oc3c(C)c(O)c4c(=O)c(c5oc6cc(OCC[N+](C)(C)Cc7ccc(NC(=O)[C@H](CCCNC(N)=O)NC(=O)[C@@H](NC(=O)CCOCCOCCOCCOCCOCCOCCOCCOCCNC(=O)CCN8C(=O)C=CC8=O)C(C)C)cc7)cc(=O)c6nc5c4c3=C2O)NC(=O)/C(C)=C\C=C\[C@H](C)[C@@H]2O[C@H]([C@H](O)[C@@H]2C)[C@H](OC(C)=O)[C@@H]1C. The summed E-state index contributed by atoms with van der Waals surface area (Å²) in [4.78, 5) is 150. The number of carbonyl (C=O) groups excluding carboxylic acids is 9. The molecular weight excluding hydrogens is 1690 g/mol. The molecule has 7 bridgehead atoms. The number of aromatic hydroxyl groups is 1. The third-order valence-corrected chi connectivity index (χ3v) is 22.1. The van der Waals surface area contributed by atoms with Gasteiger partial charge in [-0.15, -0.1) is 0 Å². The zero-order valence-electron chi connectivity index (χ0n) is 75.1. The highest BCUT2D eigenvalue weighted by molar-refractivity contribution is 6.17.